The highest BCUT2D eigenvalue weighted by molar-refractivity contribution is 6.08. The van der Waals surface area contributed by atoms with Crippen LogP contribution in [0.2, 0.25) is 0 Å². The highest BCUT2D eigenvalue weighted by atomic mass is 19.1. The number of hydrogen-bond donors (Lipinski definition) is 0. The van der Waals surface area contributed by atoms with Gasteiger partial charge in [0, 0.05) is 32.5 Å². The second-order valence-electron chi connectivity index (χ2n) is 6.68. The predicted molar refractivity (Wildman–Crippen MR) is 83.6 cm³/mol. The third-order valence-electron chi connectivity index (χ3n) is 5.55. The molecule has 1 saturated heterocycles. The van der Waals surface area contributed by atoms with Crippen molar-refractivity contribution in [3.8, 4) is 0 Å². The fourth-order valence-corrected chi connectivity index (χ4v) is 4.41. The van der Waals surface area contributed by atoms with Crippen LogP contribution in [0, 0.1) is 17.7 Å². The molecule has 0 unspecified atom stereocenters. The molecule has 1 aliphatic carbocycles. The van der Waals surface area contributed by atoms with E-state index in [0.29, 0.717) is 18.4 Å². The number of hydrogen-bond acceptors (Lipinski definition) is 5. The number of nitrogens with zero attached hydrogens (tertiary/aromatic N) is 5. The normalized spacial score (nSPS) is 32.8. The summed E-state index contributed by atoms with van der Waals surface area (Å²) < 4.78 is 13.0. The lowest BCUT2D eigenvalue weighted by molar-refractivity contribution is -0.131. The minimum Gasteiger partial charge on any atom is -0.340 e. The largest absolute Gasteiger partial charge is 0.340 e. The summed E-state index contributed by atoms with van der Waals surface area (Å²) in [5.41, 5.74) is -0.598. The van der Waals surface area contributed by atoms with E-state index >= 15 is 0 Å². The Morgan fingerprint density at radius 2 is 2.09 bits per heavy atom. The van der Waals surface area contributed by atoms with Crippen molar-refractivity contribution in [1.29, 1.82) is 0 Å². The van der Waals surface area contributed by atoms with Crippen LogP contribution in [0.3, 0.4) is 0 Å². The van der Waals surface area contributed by atoms with Crippen molar-refractivity contribution in [2.75, 3.05) is 25.0 Å². The molecule has 0 N–H and O–H groups in total. The van der Waals surface area contributed by atoms with E-state index in [-0.39, 0.29) is 11.8 Å². The van der Waals surface area contributed by atoms with E-state index in [9.17, 15) is 9.18 Å². The minimum absolute atomic E-state index is 0.128. The van der Waals surface area contributed by atoms with Gasteiger partial charge in [0.2, 0.25) is 5.95 Å². The summed E-state index contributed by atoms with van der Waals surface area (Å²) in [6, 6.07) is 0. The number of carbonyl (C=O) groups is 1. The van der Waals surface area contributed by atoms with Crippen molar-refractivity contribution >= 4 is 17.7 Å². The van der Waals surface area contributed by atoms with Crippen molar-refractivity contribution in [3.63, 3.8) is 0 Å². The molecule has 2 aliphatic heterocycles. The first kappa shape index (κ1) is 14.5. The Morgan fingerprint density at radius 3 is 2.74 bits per heavy atom. The molecule has 3 aliphatic rings. The third kappa shape index (κ3) is 1.98. The summed E-state index contributed by atoms with van der Waals surface area (Å²) in [5, 5.41) is 0. The van der Waals surface area contributed by atoms with Gasteiger partial charge in [-0.3, -0.25) is 9.79 Å². The fraction of sp³-hybridized carbons (Fsp3) is 0.625. The number of likely N-dealkylation sites (N-methyl/N-ethyl adjacent to an activating group) is 1. The molecule has 1 amide bonds. The number of amidine groups is 1. The lowest BCUT2D eigenvalue weighted by Gasteiger charge is -2.27. The van der Waals surface area contributed by atoms with E-state index in [0.717, 1.165) is 31.6 Å². The Balaban J connectivity index is 1.62. The van der Waals surface area contributed by atoms with Gasteiger partial charge in [0.1, 0.15) is 11.4 Å². The zero-order chi connectivity index (χ0) is 16.2. The van der Waals surface area contributed by atoms with Crippen molar-refractivity contribution in [1.82, 2.24) is 14.9 Å². The topological polar surface area (TPSA) is 61.7 Å². The van der Waals surface area contributed by atoms with Gasteiger partial charge in [-0.2, -0.15) is 0 Å². The van der Waals surface area contributed by atoms with Crippen LogP contribution in [0.15, 0.2) is 17.4 Å². The van der Waals surface area contributed by atoms with Crippen LogP contribution in [0.5, 0.6) is 0 Å². The Kier molecular flexibility index (Phi) is 3.14. The summed E-state index contributed by atoms with van der Waals surface area (Å²) in [6.45, 7) is 3.55. The number of aliphatic imine (C=N–C) groups is 1. The maximum atomic E-state index is 13.0. The van der Waals surface area contributed by atoms with Crippen molar-refractivity contribution < 1.29 is 9.18 Å². The maximum Gasteiger partial charge on any atom is 0.255 e. The molecule has 3 atom stereocenters. The molecule has 23 heavy (non-hydrogen) atoms. The Bertz CT molecular complexity index is 676. The van der Waals surface area contributed by atoms with E-state index in [2.05, 4.69) is 14.9 Å². The monoisotopic (exact) mass is 317 g/mol. The van der Waals surface area contributed by atoms with Crippen LogP contribution in [-0.4, -0.2) is 52.3 Å². The van der Waals surface area contributed by atoms with Crippen LogP contribution >= 0.6 is 0 Å². The van der Waals surface area contributed by atoms with Crippen molar-refractivity contribution in [2.24, 2.45) is 16.8 Å². The summed E-state index contributed by atoms with van der Waals surface area (Å²) in [5.74, 6) is 1.72. The zero-order valence-corrected chi connectivity index (χ0v) is 13.4. The van der Waals surface area contributed by atoms with Gasteiger partial charge >= 0.3 is 0 Å². The summed E-state index contributed by atoms with van der Waals surface area (Å²) in [6.07, 6.45) is 4.96. The SMILES string of the molecule is CCC1=N[C@@]2(CC[C@@H]3CN(c4ncc(F)cn4)C[C@@H]32)C(=O)N1C. The standard InChI is InChI=1S/C16H20FN5O/c1-3-13-20-16(14(23)21(13)2)5-4-10-8-22(9-12(10)16)15-18-6-11(17)7-19-15/h6-7,10,12H,3-5,8-9H2,1-2H3/t10-,12+,16-/m1/s1. The summed E-state index contributed by atoms with van der Waals surface area (Å²) in [4.78, 5) is 29.6. The van der Waals surface area contributed by atoms with Crippen molar-refractivity contribution in [2.45, 2.75) is 31.7 Å². The third-order valence-corrected chi connectivity index (χ3v) is 5.55. The van der Waals surface area contributed by atoms with E-state index < -0.39 is 11.4 Å². The molecule has 0 bridgehead atoms. The number of anilines is 1. The number of rotatable bonds is 2. The van der Waals surface area contributed by atoms with Gasteiger partial charge in [-0.25, -0.2) is 14.4 Å². The van der Waals surface area contributed by atoms with E-state index in [1.165, 1.54) is 12.4 Å². The number of halogens is 1. The van der Waals surface area contributed by atoms with Crippen LogP contribution in [0.1, 0.15) is 26.2 Å². The van der Waals surface area contributed by atoms with Gasteiger partial charge in [0.25, 0.3) is 5.91 Å². The van der Waals surface area contributed by atoms with Gasteiger partial charge in [-0.05, 0) is 18.8 Å². The molecule has 2 fully saturated rings. The first-order valence-electron chi connectivity index (χ1n) is 8.14. The summed E-state index contributed by atoms with van der Waals surface area (Å²) >= 11 is 0. The average molecular weight is 317 g/mol. The molecular formula is C16H20FN5O. The van der Waals surface area contributed by atoms with Gasteiger partial charge in [0.05, 0.1) is 12.4 Å². The quantitative estimate of drug-likeness (QED) is 0.829. The van der Waals surface area contributed by atoms with Crippen LogP contribution < -0.4 is 4.90 Å². The lowest BCUT2D eigenvalue weighted by atomic mass is 9.85. The molecule has 1 spiro atoms. The Morgan fingerprint density at radius 1 is 1.35 bits per heavy atom. The molecule has 0 aromatic carbocycles. The molecule has 1 aromatic rings. The highest BCUT2D eigenvalue weighted by Gasteiger charge is 2.60. The smallest absolute Gasteiger partial charge is 0.255 e. The summed E-state index contributed by atoms with van der Waals surface area (Å²) in [7, 11) is 1.82. The van der Waals surface area contributed by atoms with E-state index in [1.807, 2.05) is 14.0 Å². The van der Waals surface area contributed by atoms with Crippen LogP contribution in [0.4, 0.5) is 10.3 Å². The molecule has 3 heterocycles. The molecular weight excluding hydrogens is 297 g/mol. The van der Waals surface area contributed by atoms with E-state index in [1.54, 1.807) is 4.90 Å². The second kappa shape index (κ2) is 4.97. The van der Waals surface area contributed by atoms with Gasteiger partial charge in [-0.1, -0.05) is 6.92 Å². The Hall–Kier alpha value is -2.05. The molecule has 7 heteroatoms. The van der Waals surface area contributed by atoms with Gasteiger partial charge in [0.15, 0.2) is 5.82 Å². The molecule has 0 radical (unpaired) electrons. The van der Waals surface area contributed by atoms with Gasteiger partial charge in [-0.15, -0.1) is 0 Å². The maximum absolute atomic E-state index is 13.0. The van der Waals surface area contributed by atoms with Crippen LogP contribution in [0.25, 0.3) is 0 Å². The molecule has 1 saturated carbocycles. The van der Waals surface area contributed by atoms with Crippen molar-refractivity contribution in [3.05, 3.63) is 18.2 Å². The number of fused-ring (bicyclic) bond motifs is 2. The van der Waals surface area contributed by atoms with Crippen LogP contribution in [-0.2, 0) is 4.79 Å². The Labute approximate surface area is 134 Å². The number of aromatic nitrogens is 2. The molecule has 6 nitrogen and oxygen atoms in total. The van der Waals surface area contributed by atoms with E-state index in [4.69, 9.17) is 4.99 Å². The molecule has 122 valence electrons. The lowest BCUT2D eigenvalue weighted by Crippen LogP contribution is -2.45. The molecule has 4 rings (SSSR count). The highest BCUT2D eigenvalue weighted by Crippen LogP contribution is 2.50. The molecule has 1 aromatic heterocycles. The first-order valence-corrected chi connectivity index (χ1v) is 8.14. The first-order chi connectivity index (χ1) is 11.0. The second-order valence-corrected chi connectivity index (χ2v) is 6.68. The number of carbonyl (C=O) groups excluding carboxylic acids is 1. The van der Waals surface area contributed by atoms with Gasteiger partial charge < -0.3 is 9.80 Å². The average Bonchev–Trinajstić information content (AvgIpc) is 3.18. The minimum atomic E-state index is -0.598. The zero-order valence-electron chi connectivity index (χ0n) is 13.4. The predicted octanol–water partition coefficient (Wildman–Crippen LogP) is 1.48. The number of amides is 1. The fourth-order valence-electron chi connectivity index (χ4n) is 4.41.